The Morgan fingerprint density at radius 3 is 2.21 bits per heavy atom. The second-order valence-corrected chi connectivity index (χ2v) is 4.59. The molecule has 0 saturated carbocycles. The first-order chi connectivity index (χ1) is 8.90. The molecular formula is C15H18N2O2. The van der Waals surface area contributed by atoms with Gasteiger partial charge >= 0.3 is 5.97 Å². The summed E-state index contributed by atoms with van der Waals surface area (Å²) in [6.07, 6.45) is 1.73. The van der Waals surface area contributed by atoms with Gasteiger partial charge in [-0.1, -0.05) is 0 Å². The van der Waals surface area contributed by atoms with Crippen molar-refractivity contribution in [3.05, 3.63) is 40.6 Å². The molecule has 0 fully saturated rings. The number of benzene rings is 1. The molecule has 0 amide bonds. The number of hydrogen-bond donors (Lipinski definition) is 0. The quantitative estimate of drug-likeness (QED) is 0.616. The van der Waals surface area contributed by atoms with E-state index in [9.17, 15) is 4.79 Å². The smallest absolute Gasteiger partial charge is 0.339 e. The summed E-state index contributed by atoms with van der Waals surface area (Å²) >= 11 is 0. The van der Waals surface area contributed by atoms with E-state index in [1.54, 1.807) is 23.2 Å². The zero-order valence-corrected chi connectivity index (χ0v) is 11.9. The number of hydrogen-bond acceptors (Lipinski definition) is 4. The van der Waals surface area contributed by atoms with Crippen LogP contribution in [0.2, 0.25) is 0 Å². The van der Waals surface area contributed by atoms with E-state index in [-0.39, 0.29) is 5.97 Å². The fraction of sp³-hybridized carbons (Fsp3) is 0.333. The molecule has 0 N–H and O–H groups in total. The summed E-state index contributed by atoms with van der Waals surface area (Å²) in [6, 6.07) is 5.66. The van der Waals surface area contributed by atoms with E-state index in [1.165, 1.54) is 7.11 Å². The van der Waals surface area contributed by atoms with Crippen LogP contribution in [0.1, 0.15) is 22.3 Å². The minimum atomic E-state index is -0.385. The summed E-state index contributed by atoms with van der Waals surface area (Å²) in [5, 5.41) is 8.95. The molecule has 0 aromatic heterocycles. The minimum Gasteiger partial charge on any atom is -0.465 e. The SMILES string of the molecule is COC(=O)/C(=C\N(C)C)c1c(C)cc(C#N)cc1C. The molecule has 0 aliphatic heterocycles. The summed E-state index contributed by atoms with van der Waals surface area (Å²) < 4.78 is 4.84. The van der Waals surface area contributed by atoms with Crippen LogP contribution in [-0.4, -0.2) is 32.1 Å². The third kappa shape index (κ3) is 3.35. The number of nitrogens with zero attached hydrogens (tertiary/aromatic N) is 2. The predicted octanol–water partition coefficient (Wildman–Crippen LogP) is 2.25. The van der Waals surface area contributed by atoms with Gasteiger partial charge in [-0.15, -0.1) is 0 Å². The number of methoxy groups -OCH3 is 1. The Morgan fingerprint density at radius 2 is 1.84 bits per heavy atom. The average Bonchev–Trinajstić information content (AvgIpc) is 2.35. The van der Waals surface area contributed by atoms with Gasteiger partial charge in [-0.05, 0) is 42.7 Å². The fourth-order valence-corrected chi connectivity index (χ4v) is 2.04. The van der Waals surface area contributed by atoms with Crippen molar-refractivity contribution in [3.63, 3.8) is 0 Å². The van der Waals surface area contributed by atoms with E-state index in [2.05, 4.69) is 6.07 Å². The molecule has 0 atom stereocenters. The molecule has 0 radical (unpaired) electrons. The average molecular weight is 258 g/mol. The van der Waals surface area contributed by atoms with E-state index in [1.807, 2.05) is 27.9 Å². The zero-order valence-electron chi connectivity index (χ0n) is 11.9. The summed E-state index contributed by atoms with van der Waals surface area (Å²) in [5.74, 6) is -0.385. The number of esters is 1. The van der Waals surface area contributed by atoms with Crippen molar-refractivity contribution >= 4 is 11.5 Å². The summed E-state index contributed by atoms with van der Waals surface area (Å²) in [4.78, 5) is 13.7. The van der Waals surface area contributed by atoms with Gasteiger partial charge in [0.1, 0.15) is 0 Å². The topological polar surface area (TPSA) is 53.3 Å². The highest BCUT2D eigenvalue weighted by Crippen LogP contribution is 2.25. The normalized spacial score (nSPS) is 10.8. The Bertz CT molecular complexity index is 543. The van der Waals surface area contributed by atoms with Gasteiger partial charge in [0.15, 0.2) is 0 Å². The highest BCUT2D eigenvalue weighted by atomic mass is 16.5. The second-order valence-electron chi connectivity index (χ2n) is 4.59. The van der Waals surface area contributed by atoms with Gasteiger partial charge < -0.3 is 9.64 Å². The molecule has 0 bridgehead atoms. The van der Waals surface area contributed by atoms with Crippen LogP contribution >= 0.6 is 0 Å². The van der Waals surface area contributed by atoms with Gasteiger partial charge in [0.25, 0.3) is 0 Å². The van der Waals surface area contributed by atoms with Gasteiger partial charge in [-0.25, -0.2) is 4.79 Å². The Kier molecular flexibility index (Phi) is 4.71. The first-order valence-corrected chi connectivity index (χ1v) is 5.89. The van der Waals surface area contributed by atoms with Gasteiger partial charge in [-0.2, -0.15) is 5.26 Å². The molecular weight excluding hydrogens is 240 g/mol. The maximum atomic E-state index is 11.9. The molecule has 4 nitrogen and oxygen atoms in total. The Labute approximate surface area is 113 Å². The predicted molar refractivity (Wildman–Crippen MR) is 74.3 cm³/mol. The Morgan fingerprint density at radius 1 is 1.32 bits per heavy atom. The molecule has 4 heteroatoms. The largest absolute Gasteiger partial charge is 0.465 e. The number of aryl methyl sites for hydroxylation is 2. The van der Waals surface area contributed by atoms with Gasteiger partial charge in [0.05, 0.1) is 24.3 Å². The van der Waals surface area contributed by atoms with Crippen molar-refractivity contribution < 1.29 is 9.53 Å². The summed E-state index contributed by atoms with van der Waals surface area (Å²) in [7, 11) is 5.05. The fourth-order valence-electron chi connectivity index (χ4n) is 2.04. The van der Waals surface area contributed by atoms with E-state index < -0.39 is 0 Å². The van der Waals surface area contributed by atoms with E-state index in [0.717, 1.165) is 16.7 Å². The van der Waals surface area contributed by atoms with E-state index in [0.29, 0.717) is 11.1 Å². The minimum absolute atomic E-state index is 0.385. The number of nitriles is 1. The van der Waals surface area contributed by atoms with Gasteiger partial charge in [0, 0.05) is 20.3 Å². The Hall–Kier alpha value is -2.28. The molecule has 0 unspecified atom stereocenters. The summed E-state index contributed by atoms with van der Waals surface area (Å²) in [5.41, 5.74) is 3.67. The molecule has 19 heavy (non-hydrogen) atoms. The lowest BCUT2D eigenvalue weighted by molar-refractivity contribution is -0.133. The molecule has 0 saturated heterocycles. The molecule has 100 valence electrons. The van der Waals surface area contributed by atoms with E-state index in [4.69, 9.17) is 10.00 Å². The van der Waals surface area contributed by atoms with Crippen LogP contribution in [0.4, 0.5) is 0 Å². The lowest BCUT2D eigenvalue weighted by atomic mass is 9.94. The zero-order chi connectivity index (χ0) is 14.6. The Balaban J connectivity index is 3.49. The maximum Gasteiger partial charge on any atom is 0.339 e. The third-order valence-electron chi connectivity index (χ3n) is 2.72. The van der Waals surface area contributed by atoms with Crippen molar-refractivity contribution in [2.45, 2.75) is 13.8 Å². The van der Waals surface area contributed by atoms with Crippen molar-refractivity contribution in [1.82, 2.24) is 4.90 Å². The maximum absolute atomic E-state index is 11.9. The van der Waals surface area contributed by atoms with Crippen LogP contribution in [0.3, 0.4) is 0 Å². The van der Waals surface area contributed by atoms with Crippen molar-refractivity contribution in [2.75, 3.05) is 21.2 Å². The molecule has 0 aliphatic rings. The van der Waals surface area contributed by atoms with Crippen LogP contribution in [0.5, 0.6) is 0 Å². The number of ether oxygens (including phenoxy) is 1. The van der Waals surface area contributed by atoms with Gasteiger partial charge in [-0.3, -0.25) is 0 Å². The first kappa shape index (κ1) is 14.8. The molecule has 0 spiro atoms. The highest BCUT2D eigenvalue weighted by Gasteiger charge is 2.18. The number of carbonyl (C=O) groups excluding carboxylic acids is 1. The van der Waals surface area contributed by atoms with Gasteiger partial charge in [0.2, 0.25) is 0 Å². The number of carbonyl (C=O) groups is 1. The van der Waals surface area contributed by atoms with Crippen LogP contribution in [0, 0.1) is 25.2 Å². The summed E-state index contributed by atoms with van der Waals surface area (Å²) in [6.45, 7) is 3.77. The van der Waals surface area contributed by atoms with Crippen LogP contribution in [0.25, 0.3) is 5.57 Å². The number of rotatable bonds is 3. The van der Waals surface area contributed by atoms with Crippen LogP contribution in [0.15, 0.2) is 18.3 Å². The van der Waals surface area contributed by atoms with Crippen molar-refractivity contribution in [3.8, 4) is 6.07 Å². The van der Waals surface area contributed by atoms with Crippen molar-refractivity contribution in [1.29, 1.82) is 5.26 Å². The first-order valence-electron chi connectivity index (χ1n) is 5.89. The molecule has 1 rings (SSSR count). The highest BCUT2D eigenvalue weighted by molar-refractivity contribution is 6.17. The molecule has 1 aromatic carbocycles. The monoisotopic (exact) mass is 258 g/mol. The standard InChI is InChI=1S/C15H18N2O2/c1-10-6-12(8-16)7-11(2)14(10)13(9-17(3)4)15(18)19-5/h6-7,9H,1-5H3/b13-9-. The molecule has 0 aliphatic carbocycles. The second kappa shape index (κ2) is 6.05. The van der Waals surface area contributed by atoms with Crippen LogP contribution < -0.4 is 0 Å². The van der Waals surface area contributed by atoms with Crippen molar-refractivity contribution in [2.24, 2.45) is 0 Å². The molecule has 1 aromatic rings. The third-order valence-corrected chi connectivity index (χ3v) is 2.72. The lowest BCUT2D eigenvalue weighted by Gasteiger charge is -2.15. The van der Waals surface area contributed by atoms with Crippen LogP contribution in [-0.2, 0) is 9.53 Å². The molecule has 0 heterocycles. The lowest BCUT2D eigenvalue weighted by Crippen LogP contribution is -2.12. The van der Waals surface area contributed by atoms with E-state index >= 15 is 0 Å².